The molecule has 0 saturated carbocycles. The van der Waals surface area contributed by atoms with Crippen molar-refractivity contribution in [2.75, 3.05) is 16.8 Å². The molecule has 9 heteroatoms. The second-order valence-electron chi connectivity index (χ2n) is 10.7. The number of carbonyl (C=O) groups excluding carboxylic acids is 3. The Kier molecular flexibility index (Phi) is 6.79. The van der Waals surface area contributed by atoms with Crippen molar-refractivity contribution in [2.24, 2.45) is 5.41 Å². The number of likely N-dealkylation sites (tertiary alicyclic amines) is 1. The van der Waals surface area contributed by atoms with E-state index in [1.165, 1.54) is 6.07 Å². The third-order valence-electron chi connectivity index (χ3n) is 7.35. The molecule has 0 radical (unpaired) electrons. The Morgan fingerprint density at radius 3 is 2.49 bits per heavy atom. The van der Waals surface area contributed by atoms with Crippen LogP contribution in [0.2, 0.25) is 5.02 Å². The molecule has 5 amide bonds. The summed E-state index contributed by atoms with van der Waals surface area (Å²) in [6, 6.07) is 20.0. The number of halogens is 1. The number of rotatable bonds is 4. The van der Waals surface area contributed by atoms with Crippen molar-refractivity contribution in [1.82, 2.24) is 10.2 Å². The lowest BCUT2D eigenvalue weighted by Crippen LogP contribution is -2.51. The molecule has 5 rings (SSSR count). The predicted molar refractivity (Wildman–Crippen MR) is 150 cm³/mol. The second kappa shape index (κ2) is 10.1. The fourth-order valence-electron chi connectivity index (χ4n) is 5.48. The van der Waals surface area contributed by atoms with E-state index in [1.54, 1.807) is 17.9 Å². The van der Waals surface area contributed by atoms with E-state index in [1.807, 2.05) is 74.5 Å². The molecule has 198 valence electrons. The topological polar surface area (TPSA) is 106 Å². The van der Waals surface area contributed by atoms with Gasteiger partial charge in [-0.25, -0.2) is 14.5 Å². The SMILES string of the molecule is Cc1c(N2C(=O)N[C@@H](C3CC(C)(C)CN3C(=O)Nc3ccccc3-c3ccccc3)C2=O)ccc(C#N)c1Cl. The number of hydrogen-bond acceptors (Lipinski definition) is 4. The van der Waals surface area contributed by atoms with Crippen LogP contribution in [0.5, 0.6) is 0 Å². The van der Waals surface area contributed by atoms with Gasteiger partial charge in [0.15, 0.2) is 0 Å². The van der Waals surface area contributed by atoms with Crippen molar-refractivity contribution in [3.05, 3.63) is 82.9 Å². The molecule has 0 aromatic heterocycles. The van der Waals surface area contributed by atoms with Crippen LogP contribution in [0.15, 0.2) is 66.7 Å². The molecule has 0 bridgehead atoms. The lowest BCUT2D eigenvalue weighted by atomic mass is 9.88. The summed E-state index contributed by atoms with van der Waals surface area (Å²) >= 11 is 6.32. The van der Waals surface area contributed by atoms with Crippen LogP contribution in [0.1, 0.15) is 31.4 Å². The fraction of sp³-hybridized carbons (Fsp3) is 0.267. The van der Waals surface area contributed by atoms with E-state index in [0.29, 0.717) is 29.9 Å². The van der Waals surface area contributed by atoms with Gasteiger partial charge in [0.25, 0.3) is 5.91 Å². The van der Waals surface area contributed by atoms with Gasteiger partial charge in [-0.05, 0) is 48.1 Å². The zero-order chi connectivity index (χ0) is 27.9. The number of para-hydroxylation sites is 1. The number of imide groups is 1. The maximum Gasteiger partial charge on any atom is 0.329 e. The van der Waals surface area contributed by atoms with E-state index in [-0.39, 0.29) is 22.0 Å². The maximum atomic E-state index is 13.7. The number of carbonyl (C=O) groups is 3. The van der Waals surface area contributed by atoms with Gasteiger partial charge in [-0.3, -0.25) is 4.79 Å². The minimum absolute atomic E-state index is 0.194. The molecule has 3 aromatic rings. The highest BCUT2D eigenvalue weighted by molar-refractivity contribution is 6.33. The molecule has 0 spiro atoms. The zero-order valence-corrected chi connectivity index (χ0v) is 22.6. The highest BCUT2D eigenvalue weighted by Crippen LogP contribution is 2.39. The van der Waals surface area contributed by atoms with Gasteiger partial charge in [0.05, 0.1) is 28.0 Å². The Morgan fingerprint density at radius 2 is 1.77 bits per heavy atom. The van der Waals surface area contributed by atoms with E-state index in [9.17, 15) is 19.6 Å². The smallest absolute Gasteiger partial charge is 0.323 e. The first-order valence-corrected chi connectivity index (χ1v) is 13.0. The molecule has 2 aliphatic heterocycles. The minimum atomic E-state index is -0.928. The molecule has 2 N–H and O–H groups in total. The van der Waals surface area contributed by atoms with Gasteiger partial charge in [0.2, 0.25) is 0 Å². The molecule has 0 aliphatic carbocycles. The first-order chi connectivity index (χ1) is 18.6. The highest BCUT2D eigenvalue weighted by atomic mass is 35.5. The Morgan fingerprint density at radius 1 is 1.08 bits per heavy atom. The van der Waals surface area contributed by atoms with Crippen molar-refractivity contribution < 1.29 is 14.4 Å². The van der Waals surface area contributed by atoms with Crippen molar-refractivity contribution in [1.29, 1.82) is 5.26 Å². The van der Waals surface area contributed by atoms with Crippen LogP contribution in [0.3, 0.4) is 0 Å². The highest BCUT2D eigenvalue weighted by Gasteiger charge is 2.52. The average Bonchev–Trinajstić information content (AvgIpc) is 3.40. The van der Waals surface area contributed by atoms with Crippen molar-refractivity contribution in [2.45, 2.75) is 39.3 Å². The second-order valence-corrected chi connectivity index (χ2v) is 11.1. The Hall–Kier alpha value is -4.35. The van der Waals surface area contributed by atoms with E-state index >= 15 is 0 Å². The number of amides is 5. The molecule has 3 aromatic carbocycles. The molecule has 2 heterocycles. The van der Waals surface area contributed by atoms with Crippen LogP contribution in [0.4, 0.5) is 21.0 Å². The Balaban J connectivity index is 1.43. The summed E-state index contributed by atoms with van der Waals surface area (Å²) in [5.74, 6) is -0.464. The Labute approximate surface area is 232 Å². The number of nitrogens with zero attached hydrogens (tertiary/aromatic N) is 3. The summed E-state index contributed by atoms with van der Waals surface area (Å²) in [4.78, 5) is 43.1. The van der Waals surface area contributed by atoms with Crippen molar-refractivity contribution in [3.8, 4) is 17.2 Å². The summed E-state index contributed by atoms with van der Waals surface area (Å²) in [6.45, 7) is 6.15. The quantitative estimate of drug-likeness (QED) is 0.398. The van der Waals surface area contributed by atoms with Crippen molar-refractivity contribution in [3.63, 3.8) is 0 Å². The van der Waals surface area contributed by atoms with E-state index in [4.69, 9.17) is 11.6 Å². The van der Waals surface area contributed by atoms with E-state index in [0.717, 1.165) is 16.0 Å². The van der Waals surface area contributed by atoms with Gasteiger partial charge >= 0.3 is 12.1 Å². The van der Waals surface area contributed by atoms with Crippen LogP contribution < -0.4 is 15.5 Å². The van der Waals surface area contributed by atoms with Crippen LogP contribution >= 0.6 is 11.6 Å². The number of urea groups is 2. The Bertz CT molecular complexity index is 1510. The van der Waals surface area contributed by atoms with Crippen molar-refractivity contribution >= 4 is 40.9 Å². The summed E-state index contributed by atoms with van der Waals surface area (Å²) < 4.78 is 0. The lowest BCUT2D eigenvalue weighted by Gasteiger charge is -2.28. The summed E-state index contributed by atoms with van der Waals surface area (Å²) in [7, 11) is 0. The van der Waals surface area contributed by atoms with Gasteiger partial charge in [-0.2, -0.15) is 5.26 Å². The van der Waals surface area contributed by atoms with Crippen LogP contribution in [-0.4, -0.2) is 41.5 Å². The third-order valence-corrected chi connectivity index (χ3v) is 7.83. The first-order valence-electron chi connectivity index (χ1n) is 12.7. The number of hydrogen-bond donors (Lipinski definition) is 2. The number of benzene rings is 3. The van der Waals surface area contributed by atoms with Gasteiger partial charge < -0.3 is 15.5 Å². The molecule has 2 atom stereocenters. The first kappa shape index (κ1) is 26.3. The molecule has 1 unspecified atom stereocenters. The van der Waals surface area contributed by atoms with Gasteiger partial charge in [0.1, 0.15) is 12.1 Å². The molecular weight excluding hydrogens is 514 g/mol. The summed E-state index contributed by atoms with van der Waals surface area (Å²) in [5.41, 5.74) is 3.27. The molecule has 8 nitrogen and oxygen atoms in total. The number of anilines is 2. The van der Waals surface area contributed by atoms with Gasteiger partial charge in [-0.1, -0.05) is 74.0 Å². The van der Waals surface area contributed by atoms with Gasteiger partial charge in [-0.15, -0.1) is 0 Å². The third kappa shape index (κ3) is 4.82. The lowest BCUT2D eigenvalue weighted by molar-refractivity contribution is -0.119. The predicted octanol–water partition coefficient (Wildman–Crippen LogP) is 5.94. The van der Waals surface area contributed by atoms with E-state index in [2.05, 4.69) is 10.6 Å². The monoisotopic (exact) mass is 541 g/mol. The number of nitriles is 1. The van der Waals surface area contributed by atoms with Gasteiger partial charge in [0, 0.05) is 12.1 Å². The van der Waals surface area contributed by atoms with Crippen LogP contribution in [0.25, 0.3) is 11.1 Å². The van der Waals surface area contributed by atoms with E-state index < -0.39 is 24.0 Å². The van der Waals surface area contributed by atoms with Crippen LogP contribution in [0, 0.1) is 23.7 Å². The fourth-order valence-corrected chi connectivity index (χ4v) is 5.68. The van der Waals surface area contributed by atoms with Crippen LogP contribution in [-0.2, 0) is 4.79 Å². The zero-order valence-electron chi connectivity index (χ0n) is 21.9. The summed E-state index contributed by atoms with van der Waals surface area (Å²) in [5, 5.41) is 15.3. The average molecular weight is 542 g/mol. The summed E-state index contributed by atoms with van der Waals surface area (Å²) in [6.07, 6.45) is 0.526. The molecule has 2 fully saturated rings. The molecular formula is C30H28ClN5O3. The standard InChI is InChI=1S/C30H28ClN5O3/c1-18-23(14-13-20(16-32)25(18)31)36-27(37)26(34-29(36)39)24-15-30(2,3)17-35(24)28(38)33-22-12-8-7-11-21(22)19-9-5-4-6-10-19/h4-14,24,26H,15,17H2,1-3H3,(H,33,38)(H,34,39)/t24?,26-/m0/s1. The largest absolute Gasteiger partial charge is 0.329 e. The molecule has 2 saturated heterocycles. The molecule has 2 aliphatic rings. The number of nitrogens with one attached hydrogen (secondary N) is 2. The molecule has 39 heavy (non-hydrogen) atoms. The maximum absolute atomic E-state index is 13.7. The normalized spacial score (nSPS) is 20.1. The minimum Gasteiger partial charge on any atom is -0.323 e.